The first-order valence-electron chi connectivity index (χ1n) is 8.24. The maximum atomic E-state index is 12.4. The molecule has 2 aromatic carbocycles. The standard InChI is InChI=1S/C21H16N2O3/c24-20(17-12-16-4-1-2-5-18(16)23-21(17)25)22-13-14-7-9-15(10-8-14)19-6-3-11-26-19/h1-12H,13H2,(H,22,24)(H,23,25). The van der Waals surface area contributed by atoms with E-state index >= 15 is 0 Å². The number of nitrogens with one attached hydrogen (secondary N) is 2. The summed E-state index contributed by atoms with van der Waals surface area (Å²) in [5, 5.41) is 3.61. The molecule has 2 N–H and O–H groups in total. The van der Waals surface area contributed by atoms with Crippen LogP contribution in [0.25, 0.3) is 22.2 Å². The average Bonchev–Trinajstić information content (AvgIpc) is 3.21. The van der Waals surface area contributed by atoms with Gasteiger partial charge in [-0.05, 0) is 35.2 Å². The van der Waals surface area contributed by atoms with Crippen molar-refractivity contribution in [3.05, 3.63) is 94.5 Å². The number of pyridine rings is 1. The van der Waals surface area contributed by atoms with E-state index in [1.165, 1.54) is 0 Å². The molecule has 0 fully saturated rings. The summed E-state index contributed by atoms with van der Waals surface area (Å²) in [4.78, 5) is 27.3. The SMILES string of the molecule is O=C(NCc1ccc(-c2ccco2)cc1)c1cc2ccccc2[nH]c1=O. The summed E-state index contributed by atoms with van der Waals surface area (Å²) in [7, 11) is 0. The van der Waals surface area contributed by atoms with E-state index in [-0.39, 0.29) is 5.56 Å². The fourth-order valence-corrected chi connectivity index (χ4v) is 2.82. The zero-order chi connectivity index (χ0) is 17.9. The summed E-state index contributed by atoms with van der Waals surface area (Å²) in [6.07, 6.45) is 1.63. The maximum absolute atomic E-state index is 12.4. The fraction of sp³-hybridized carbons (Fsp3) is 0.0476. The number of fused-ring (bicyclic) bond motifs is 1. The van der Waals surface area contributed by atoms with Crippen molar-refractivity contribution < 1.29 is 9.21 Å². The van der Waals surface area contributed by atoms with Gasteiger partial charge in [0.25, 0.3) is 11.5 Å². The second-order valence-corrected chi connectivity index (χ2v) is 5.96. The van der Waals surface area contributed by atoms with Gasteiger partial charge in [-0.15, -0.1) is 0 Å². The Labute approximate surface area is 149 Å². The molecule has 0 radical (unpaired) electrons. The summed E-state index contributed by atoms with van der Waals surface area (Å²) < 4.78 is 5.36. The number of aromatic nitrogens is 1. The summed E-state index contributed by atoms with van der Waals surface area (Å²) >= 11 is 0. The van der Waals surface area contributed by atoms with Crippen LogP contribution in [0.4, 0.5) is 0 Å². The van der Waals surface area contributed by atoms with Crippen molar-refractivity contribution in [2.75, 3.05) is 0 Å². The number of H-pyrrole nitrogens is 1. The zero-order valence-corrected chi connectivity index (χ0v) is 13.9. The number of hydrogen-bond acceptors (Lipinski definition) is 3. The number of aromatic amines is 1. The minimum Gasteiger partial charge on any atom is -0.464 e. The van der Waals surface area contributed by atoms with Gasteiger partial charge in [0.15, 0.2) is 0 Å². The third kappa shape index (κ3) is 3.15. The van der Waals surface area contributed by atoms with E-state index in [2.05, 4.69) is 10.3 Å². The average molecular weight is 344 g/mol. The third-order valence-electron chi connectivity index (χ3n) is 4.21. The highest BCUT2D eigenvalue weighted by Crippen LogP contribution is 2.20. The Bertz CT molecular complexity index is 1110. The Balaban J connectivity index is 1.49. The summed E-state index contributed by atoms with van der Waals surface area (Å²) in [6, 6.07) is 20.4. The molecular weight excluding hydrogens is 328 g/mol. The van der Waals surface area contributed by atoms with E-state index < -0.39 is 11.5 Å². The van der Waals surface area contributed by atoms with Gasteiger partial charge in [0.2, 0.25) is 0 Å². The first-order valence-corrected chi connectivity index (χ1v) is 8.24. The van der Waals surface area contributed by atoms with E-state index in [9.17, 15) is 9.59 Å². The number of rotatable bonds is 4. The minimum absolute atomic E-state index is 0.107. The molecule has 0 aliphatic rings. The van der Waals surface area contributed by atoms with Crippen LogP contribution in [0.15, 0.2) is 82.2 Å². The van der Waals surface area contributed by atoms with Crippen LogP contribution in [0.2, 0.25) is 0 Å². The summed E-state index contributed by atoms with van der Waals surface area (Å²) in [5.74, 6) is 0.399. The van der Waals surface area contributed by atoms with Crippen LogP contribution in [-0.2, 0) is 6.54 Å². The molecule has 0 bridgehead atoms. The van der Waals surface area contributed by atoms with E-state index in [1.807, 2.05) is 54.6 Å². The van der Waals surface area contributed by atoms with Crippen LogP contribution < -0.4 is 10.9 Å². The largest absolute Gasteiger partial charge is 0.464 e. The molecule has 2 aromatic heterocycles. The van der Waals surface area contributed by atoms with Crippen LogP contribution in [0.5, 0.6) is 0 Å². The normalized spacial score (nSPS) is 10.8. The van der Waals surface area contributed by atoms with Crippen molar-refractivity contribution in [1.29, 1.82) is 0 Å². The molecule has 4 rings (SSSR count). The Kier molecular flexibility index (Phi) is 4.11. The highest BCUT2D eigenvalue weighted by Gasteiger charge is 2.11. The number of carbonyl (C=O) groups excluding carboxylic acids is 1. The lowest BCUT2D eigenvalue weighted by Crippen LogP contribution is -2.29. The van der Waals surface area contributed by atoms with Gasteiger partial charge in [-0.25, -0.2) is 0 Å². The lowest BCUT2D eigenvalue weighted by Gasteiger charge is -2.07. The van der Waals surface area contributed by atoms with Gasteiger partial charge in [0.1, 0.15) is 11.3 Å². The third-order valence-corrected chi connectivity index (χ3v) is 4.21. The molecule has 0 unspecified atom stereocenters. The Morgan fingerprint density at radius 3 is 2.58 bits per heavy atom. The first kappa shape index (κ1) is 15.9. The Hall–Kier alpha value is -3.60. The maximum Gasteiger partial charge on any atom is 0.261 e. The molecule has 0 aliphatic heterocycles. The smallest absolute Gasteiger partial charge is 0.261 e. The highest BCUT2D eigenvalue weighted by atomic mass is 16.3. The lowest BCUT2D eigenvalue weighted by molar-refractivity contribution is 0.0949. The van der Waals surface area contributed by atoms with Crippen LogP contribution in [0.3, 0.4) is 0 Å². The quantitative estimate of drug-likeness (QED) is 0.592. The van der Waals surface area contributed by atoms with Gasteiger partial charge in [-0.2, -0.15) is 0 Å². The lowest BCUT2D eigenvalue weighted by atomic mass is 10.1. The first-order chi connectivity index (χ1) is 12.7. The number of benzene rings is 2. The van der Waals surface area contributed by atoms with Gasteiger partial charge in [-0.3, -0.25) is 9.59 Å². The van der Waals surface area contributed by atoms with E-state index in [0.29, 0.717) is 12.1 Å². The highest BCUT2D eigenvalue weighted by molar-refractivity contribution is 5.97. The van der Waals surface area contributed by atoms with Crippen LogP contribution in [0, 0.1) is 0 Å². The van der Waals surface area contributed by atoms with Gasteiger partial charge >= 0.3 is 0 Å². The topological polar surface area (TPSA) is 75.1 Å². The molecule has 0 atom stereocenters. The number of amides is 1. The Morgan fingerprint density at radius 1 is 1.00 bits per heavy atom. The summed E-state index contributed by atoms with van der Waals surface area (Å²) in [5.41, 5.74) is 2.33. The van der Waals surface area contributed by atoms with Crippen molar-refractivity contribution in [3.8, 4) is 11.3 Å². The number of furan rings is 1. The monoisotopic (exact) mass is 344 g/mol. The van der Waals surface area contributed by atoms with E-state index in [1.54, 1.807) is 18.4 Å². The van der Waals surface area contributed by atoms with Crippen molar-refractivity contribution in [3.63, 3.8) is 0 Å². The fourth-order valence-electron chi connectivity index (χ4n) is 2.82. The molecule has 0 aliphatic carbocycles. The van der Waals surface area contributed by atoms with Crippen molar-refractivity contribution >= 4 is 16.8 Å². The van der Waals surface area contributed by atoms with Crippen LogP contribution >= 0.6 is 0 Å². The predicted octanol–water partition coefficient (Wildman–Crippen LogP) is 3.72. The van der Waals surface area contributed by atoms with E-state index in [4.69, 9.17) is 4.42 Å². The molecule has 4 aromatic rings. The van der Waals surface area contributed by atoms with Gasteiger partial charge in [0.05, 0.1) is 6.26 Å². The second kappa shape index (κ2) is 6.72. The summed E-state index contributed by atoms with van der Waals surface area (Å²) in [6.45, 7) is 0.337. The molecule has 5 heteroatoms. The van der Waals surface area contributed by atoms with E-state index in [0.717, 1.165) is 22.3 Å². The molecule has 1 amide bonds. The molecule has 0 spiro atoms. The van der Waals surface area contributed by atoms with Gasteiger partial charge in [0, 0.05) is 17.6 Å². The van der Waals surface area contributed by atoms with Crippen LogP contribution in [0.1, 0.15) is 15.9 Å². The predicted molar refractivity (Wildman–Crippen MR) is 99.9 cm³/mol. The van der Waals surface area contributed by atoms with Gasteiger partial charge in [-0.1, -0.05) is 42.5 Å². The molecular formula is C21H16N2O3. The molecule has 26 heavy (non-hydrogen) atoms. The number of hydrogen-bond donors (Lipinski definition) is 2. The minimum atomic E-state index is -0.396. The molecule has 128 valence electrons. The number of carbonyl (C=O) groups is 1. The molecule has 2 heterocycles. The number of para-hydroxylation sites is 1. The zero-order valence-electron chi connectivity index (χ0n) is 13.9. The molecule has 0 saturated carbocycles. The van der Waals surface area contributed by atoms with Gasteiger partial charge < -0.3 is 14.7 Å². The van der Waals surface area contributed by atoms with Crippen LogP contribution in [-0.4, -0.2) is 10.9 Å². The second-order valence-electron chi connectivity index (χ2n) is 5.96. The molecule has 5 nitrogen and oxygen atoms in total. The van der Waals surface area contributed by atoms with Crippen molar-refractivity contribution in [2.45, 2.75) is 6.54 Å². The van der Waals surface area contributed by atoms with Crippen molar-refractivity contribution in [2.24, 2.45) is 0 Å². The Morgan fingerprint density at radius 2 is 1.81 bits per heavy atom. The molecule has 0 saturated heterocycles. The van der Waals surface area contributed by atoms with Crippen molar-refractivity contribution in [1.82, 2.24) is 10.3 Å².